The fraction of sp³-hybridized carbons (Fsp3) is 0.462. The Morgan fingerprint density at radius 2 is 1.70 bits per heavy atom. The Bertz CT molecular complexity index is 503. The minimum Gasteiger partial charge on any atom is -0.335 e. The highest BCUT2D eigenvalue weighted by molar-refractivity contribution is 5.94. The molecular formula is C13H16ClF3N2O. The monoisotopic (exact) mass is 308 g/mol. The second-order valence-corrected chi connectivity index (χ2v) is 4.90. The molecule has 1 heterocycles. The molecule has 1 fully saturated rings. The van der Waals surface area contributed by atoms with Gasteiger partial charge in [-0.3, -0.25) is 4.79 Å². The van der Waals surface area contributed by atoms with Gasteiger partial charge in [-0.05, 0) is 26.0 Å². The summed E-state index contributed by atoms with van der Waals surface area (Å²) in [7, 11) is 0. The van der Waals surface area contributed by atoms with E-state index in [0.717, 1.165) is 12.1 Å². The molecule has 112 valence electrons. The Morgan fingerprint density at radius 3 is 2.25 bits per heavy atom. The number of carbonyl (C=O) groups excluding carboxylic acids is 1. The molecule has 1 aliphatic heterocycles. The van der Waals surface area contributed by atoms with E-state index in [1.54, 1.807) is 0 Å². The zero-order valence-electron chi connectivity index (χ0n) is 11.1. The summed E-state index contributed by atoms with van der Waals surface area (Å²) in [6.45, 7) is 4.61. The first-order chi connectivity index (χ1) is 8.90. The van der Waals surface area contributed by atoms with Gasteiger partial charge in [0.05, 0.1) is 5.56 Å². The molecular weight excluding hydrogens is 293 g/mol. The number of halogens is 4. The molecule has 0 saturated carbocycles. The van der Waals surface area contributed by atoms with Crippen LogP contribution in [0.2, 0.25) is 0 Å². The highest BCUT2D eigenvalue weighted by Gasteiger charge is 2.28. The molecule has 2 unspecified atom stereocenters. The first-order valence-electron chi connectivity index (χ1n) is 6.09. The summed E-state index contributed by atoms with van der Waals surface area (Å²) >= 11 is 0. The maximum absolute atomic E-state index is 13.6. The van der Waals surface area contributed by atoms with Crippen LogP contribution in [0.4, 0.5) is 13.2 Å². The summed E-state index contributed by atoms with van der Waals surface area (Å²) in [5.41, 5.74) is -0.430. The van der Waals surface area contributed by atoms with Crippen LogP contribution >= 0.6 is 12.4 Å². The first kappa shape index (κ1) is 16.8. The highest BCUT2D eigenvalue weighted by Crippen LogP contribution is 2.18. The molecule has 7 heteroatoms. The Morgan fingerprint density at radius 1 is 1.15 bits per heavy atom. The van der Waals surface area contributed by atoms with Gasteiger partial charge in [0, 0.05) is 25.2 Å². The third-order valence-electron chi connectivity index (χ3n) is 3.11. The zero-order valence-corrected chi connectivity index (χ0v) is 11.9. The van der Waals surface area contributed by atoms with Crippen LogP contribution in [-0.4, -0.2) is 36.0 Å². The SMILES string of the molecule is CC1CN(C(=O)c2ccc(F)c(F)c2F)CC(C)N1.Cl. The minimum absolute atomic E-state index is 0. The summed E-state index contributed by atoms with van der Waals surface area (Å²) in [4.78, 5) is 13.6. The van der Waals surface area contributed by atoms with Crippen LogP contribution < -0.4 is 5.32 Å². The summed E-state index contributed by atoms with van der Waals surface area (Å²) in [6, 6.07) is 1.89. The summed E-state index contributed by atoms with van der Waals surface area (Å²) in [5.74, 6) is -4.95. The van der Waals surface area contributed by atoms with E-state index < -0.39 is 28.9 Å². The topological polar surface area (TPSA) is 32.3 Å². The van der Waals surface area contributed by atoms with E-state index in [1.807, 2.05) is 13.8 Å². The Labute approximate surface area is 121 Å². The van der Waals surface area contributed by atoms with Crippen LogP contribution in [0.5, 0.6) is 0 Å². The number of nitrogens with zero attached hydrogens (tertiary/aromatic N) is 1. The van der Waals surface area contributed by atoms with Crippen LogP contribution in [0.3, 0.4) is 0 Å². The van der Waals surface area contributed by atoms with Crippen LogP contribution in [0.25, 0.3) is 0 Å². The fourth-order valence-corrected chi connectivity index (χ4v) is 2.35. The smallest absolute Gasteiger partial charge is 0.257 e. The number of nitrogens with one attached hydrogen (secondary N) is 1. The van der Waals surface area contributed by atoms with Crippen molar-refractivity contribution in [3.8, 4) is 0 Å². The quantitative estimate of drug-likeness (QED) is 0.808. The lowest BCUT2D eigenvalue weighted by Crippen LogP contribution is -2.56. The largest absolute Gasteiger partial charge is 0.335 e. The number of piperazine rings is 1. The third kappa shape index (κ3) is 3.24. The number of hydrogen-bond donors (Lipinski definition) is 1. The predicted molar refractivity (Wildman–Crippen MR) is 71.5 cm³/mol. The van der Waals surface area contributed by atoms with Crippen molar-refractivity contribution in [2.45, 2.75) is 25.9 Å². The van der Waals surface area contributed by atoms with Gasteiger partial charge in [-0.15, -0.1) is 12.4 Å². The van der Waals surface area contributed by atoms with Gasteiger partial charge < -0.3 is 10.2 Å². The summed E-state index contributed by atoms with van der Waals surface area (Å²) in [6.07, 6.45) is 0. The van der Waals surface area contributed by atoms with Crippen molar-refractivity contribution in [2.75, 3.05) is 13.1 Å². The maximum atomic E-state index is 13.6. The van der Waals surface area contributed by atoms with Crippen molar-refractivity contribution in [1.82, 2.24) is 10.2 Å². The van der Waals surface area contributed by atoms with E-state index in [1.165, 1.54) is 4.90 Å². The lowest BCUT2D eigenvalue weighted by atomic mass is 10.1. The van der Waals surface area contributed by atoms with Crippen molar-refractivity contribution in [2.24, 2.45) is 0 Å². The molecule has 20 heavy (non-hydrogen) atoms. The molecule has 1 saturated heterocycles. The molecule has 0 aromatic heterocycles. The third-order valence-corrected chi connectivity index (χ3v) is 3.11. The van der Waals surface area contributed by atoms with Crippen molar-refractivity contribution in [1.29, 1.82) is 0 Å². The first-order valence-corrected chi connectivity index (χ1v) is 6.09. The molecule has 1 aliphatic rings. The average molecular weight is 309 g/mol. The fourth-order valence-electron chi connectivity index (χ4n) is 2.35. The molecule has 2 atom stereocenters. The maximum Gasteiger partial charge on any atom is 0.257 e. The average Bonchev–Trinajstić information content (AvgIpc) is 2.34. The molecule has 0 spiro atoms. The second-order valence-electron chi connectivity index (χ2n) is 4.90. The number of amides is 1. The lowest BCUT2D eigenvalue weighted by Gasteiger charge is -2.36. The van der Waals surface area contributed by atoms with Gasteiger partial charge >= 0.3 is 0 Å². The zero-order chi connectivity index (χ0) is 14.2. The van der Waals surface area contributed by atoms with Crippen molar-refractivity contribution < 1.29 is 18.0 Å². The molecule has 2 rings (SSSR count). The van der Waals surface area contributed by atoms with E-state index in [0.29, 0.717) is 13.1 Å². The normalized spacial score (nSPS) is 22.4. The summed E-state index contributed by atoms with van der Waals surface area (Å²) < 4.78 is 39.6. The molecule has 1 amide bonds. The molecule has 0 aliphatic carbocycles. The van der Waals surface area contributed by atoms with Gasteiger partial charge in [0.25, 0.3) is 5.91 Å². The lowest BCUT2D eigenvalue weighted by molar-refractivity contribution is 0.0667. The van der Waals surface area contributed by atoms with Crippen LogP contribution in [0, 0.1) is 17.5 Å². The summed E-state index contributed by atoms with van der Waals surface area (Å²) in [5, 5.41) is 3.23. The van der Waals surface area contributed by atoms with Gasteiger partial charge in [0.2, 0.25) is 0 Å². The predicted octanol–water partition coefficient (Wildman–Crippen LogP) is 2.35. The Hall–Kier alpha value is -1.27. The van der Waals surface area contributed by atoms with E-state index in [4.69, 9.17) is 0 Å². The second kappa shape index (κ2) is 6.45. The van der Waals surface area contributed by atoms with E-state index in [9.17, 15) is 18.0 Å². The van der Waals surface area contributed by atoms with E-state index in [-0.39, 0.29) is 24.5 Å². The Kier molecular flexibility index (Phi) is 5.42. The van der Waals surface area contributed by atoms with E-state index in [2.05, 4.69) is 5.32 Å². The van der Waals surface area contributed by atoms with Gasteiger partial charge in [0.1, 0.15) is 0 Å². The van der Waals surface area contributed by atoms with Crippen LogP contribution in [-0.2, 0) is 0 Å². The van der Waals surface area contributed by atoms with Crippen molar-refractivity contribution in [3.63, 3.8) is 0 Å². The molecule has 1 N–H and O–H groups in total. The van der Waals surface area contributed by atoms with Crippen LogP contribution in [0.15, 0.2) is 12.1 Å². The number of benzene rings is 1. The minimum atomic E-state index is -1.61. The molecule has 0 bridgehead atoms. The molecule has 0 radical (unpaired) electrons. The van der Waals surface area contributed by atoms with Gasteiger partial charge in [-0.1, -0.05) is 0 Å². The highest BCUT2D eigenvalue weighted by atomic mass is 35.5. The Balaban J connectivity index is 0.00000200. The number of rotatable bonds is 1. The van der Waals surface area contributed by atoms with Gasteiger partial charge in [-0.2, -0.15) is 0 Å². The van der Waals surface area contributed by atoms with E-state index >= 15 is 0 Å². The molecule has 1 aromatic rings. The van der Waals surface area contributed by atoms with Gasteiger partial charge in [0.15, 0.2) is 17.5 Å². The molecule has 3 nitrogen and oxygen atoms in total. The van der Waals surface area contributed by atoms with Gasteiger partial charge in [-0.25, -0.2) is 13.2 Å². The standard InChI is InChI=1S/C13H15F3N2O.ClH/c1-7-5-18(6-8(2)17-7)13(19)9-3-4-10(14)12(16)11(9)15;/h3-4,7-8,17H,5-6H2,1-2H3;1H. The van der Waals surface area contributed by atoms with Crippen molar-refractivity contribution in [3.05, 3.63) is 35.1 Å². The van der Waals surface area contributed by atoms with Crippen LogP contribution in [0.1, 0.15) is 24.2 Å². The number of hydrogen-bond acceptors (Lipinski definition) is 2. The van der Waals surface area contributed by atoms with Crippen molar-refractivity contribution >= 4 is 18.3 Å². The number of carbonyl (C=O) groups is 1. The molecule has 1 aromatic carbocycles.